The molecule has 1 aromatic heterocycles. The van der Waals surface area contributed by atoms with E-state index in [2.05, 4.69) is 4.98 Å². The summed E-state index contributed by atoms with van der Waals surface area (Å²) in [6.07, 6.45) is 0. The third kappa shape index (κ3) is 1.80. The second-order valence-corrected chi connectivity index (χ2v) is 4.10. The van der Waals surface area contributed by atoms with Crippen LogP contribution in [0.4, 0.5) is 4.39 Å². The molecule has 0 aliphatic rings. The number of H-pyrrole nitrogens is 1. The van der Waals surface area contributed by atoms with Crippen LogP contribution in [0.1, 0.15) is 0 Å². The molecule has 0 atom stereocenters. The number of benzene rings is 2. The van der Waals surface area contributed by atoms with Crippen molar-refractivity contribution in [2.75, 3.05) is 0 Å². The lowest BCUT2D eigenvalue weighted by molar-refractivity contribution is 0.629. The number of nitrogens with one attached hydrogen (secondary N) is 1. The average Bonchev–Trinajstić information content (AvgIpc) is 2.39. The van der Waals surface area contributed by atoms with Crippen molar-refractivity contribution in [1.82, 2.24) is 4.98 Å². The van der Waals surface area contributed by atoms with Gasteiger partial charge in [-0.3, -0.25) is 4.79 Å². The summed E-state index contributed by atoms with van der Waals surface area (Å²) in [5.41, 5.74) is 2.10. The Labute approximate surface area is 103 Å². The van der Waals surface area contributed by atoms with Crippen LogP contribution in [0, 0.1) is 5.82 Å². The van der Waals surface area contributed by atoms with Gasteiger partial charge in [0.15, 0.2) is 0 Å². The number of rotatable bonds is 1. The van der Waals surface area contributed by atoms with Crippen molar-refractivity contribution >= 4 is 10.9 Å². The lowest BCUT2D eigenvalue weighted by atomic mass is 10.0. The first kappa shape index (κ1) is 10.7. The lowest BCUT2D eigenvalue weighted by Gasteiger charge is -2.06. The van der Waals surface area contributed by atoms with E-state index in [-0.39, 0.29) is 11.4 Å². The first-order valence-corrected chi connectivity index (χ1v) is 5.62. The van der Waals surface area contributed by atoms with Crippen LogP contribution in [-0.2, 0) is 0 Å². The smallest absolute Gasteiger partial charge is 0.249 e. The zero-order valence-corrected chi connectivity index (χ0v) is 9.48. The molecule has 1 heterocycles. The molecule has 0 radical (unpaired) electrons. The van der Waals surface area contributed by atoms with Gasteiger partial charge in [0, 0.05) is 17.0 Å². The number of hydrogen-bond donors (Lipinski definition) is 1. The molecule has 0 aliphatic heterocycles. The first-order chi connectivity index (χ1) is 8.74. The summed E-state index contributed by atoms with van der Waals surface area (Å²) in [5, 5.41) is 0.709. The van der Waals surface area contributed by atoms with E-state index in [1.54, 1.807) is 6.07 Å². The Hall–Kier alpha value is -2.42. The minimum Gasteiger partial charge on any atom is -0.322 e. The van der Waals surface area contributed by atoms with Crippen LogP contribution in [0.15, 0.2) is 59.4 Å². The normalized spacial score (nSPS) is 10.7. The van der Waals surface area contributed by atoms with Crippen LogP contribution in [-0.4, -0.2) is 4.98 Å². The third-order valence-electron chi connectivity index (χ3n) is 2.89. The van der Waals surface area contributed by atoms with Crippen molar-refractivity contribution < 1.29 is 4.39 Å². The van der Waals surface area contributed by atoms with Crippen molar-refractivity contribution in [1.29, 1.82) is 0 Å². The molecule has 2 nitrogen and oxygen atoms in total. The fraction of sp³-hybridized carbons (Fsp3) is 0. The van der Waals surface area contributed by atoms with Gasteiger partial charge < -0.3 is 4.98 Å². The van der Waals surface area contributed by atoms with E-state index >= 15 is 0 Å². The highest BCUT2D eigenvalue weighted by Crippen LogP contribution is 2.26. The monoisotopic (exact) mass is 239 g/mol. The topological polar surface area (TPSA) is 32.9 Å². The Balaban J connectivity index is 2.41. The molecule has 18 heavy (non-hydrogen) atoms. The molecule has 0 bridgehead atoms. The molecule has 0 aliphatic carbocycles. The van der Waals surface area contributed by atoms with E-state index in [1.807, 2.05) is 30.3 Å². The fourth-order valence-corrected chi connectivity index (χ4v) is 2.08. The minimum atomic E-state index is -0.313. The van der Waals surface area contributed by atoms with Gasteiger partial charge in [-0.25, -0.2) is 4.39 Å². The van der Waals surface area contributed by atoms with E-state index in [0.29, 0.717) is 10.9 Å². The van der Waals surface area contributed by atoms with Gasteiger partial charge in [-0.2, -0.15) is 0 Å². The van der Waals surface area contributed by atoms with E-state index < -0.39 is 0 Å². The number of halogens is 1. The Bertz CT molecular complexity index is 762. The zero-order chi connectivity index (χ0) is 12.5. The molecule has 0 spiro atoms. The summed E-state index contributed by atoms with van der Waals surface area (Å²) in [6, 6.07) is 15.3. The molecule has 0 saturated carbocycles. The van der Waals surface area contributed by atoms with Crippen LogP contribution in [0.2, 0.25) is 0 Å². The first-order valence-electron chi connectivity index (χ1n) is 5.62. The van der Waals surface area contributed by atoms with Crippen molar-refractivity contribution in [2.45, 2.75) is 0 Å². The predicted molar refractivity (Wildman–Crippen MR) is 70.0 cm³/mol. The number of hydrogen-bond acceptors (Lipinski definition) is 1. The molecular weight excluding hydrogens is 229 g/mol. The van der Waals surface area contributed by atoms with Crippen molar-refractivity contribution in [3.63, 3.8) is 0 Å². The number of fused-ring (bicyclic) bond motifs is 1. The number of aromatic nitrogens is 1. The maximum Gasteiger partial charge on any atom is 0.249 e. The van der Waals surface area contributed by atoms with Gasteiger partial charge in [-0.15, -0.1) is 0 Å². The van der Waals surface area contributed by atoms with Gasteiger partial charge in [-0.1, -0.05) is 30.3 Å². The Morgan fingerprint density at radius 2 is 1.72 bits per heavy atom. The van der Waals surface area contributed by atoms with Gasteiger partial charge in [-0.05, 0) is 29.3 Å². The molecule has 3 rings (SSSR count). The molecule has 2 aromatic carbocycles. The van der Waals surface area contributed by atoms with E-state index in [1.165, 1.54) is 18.2 Å². The second kappa shape index (κ2) is 4.11. The Morgan fingerprint density at radius 3 is 2.50 bits per heavy atom. The third-order valence-corrected chi connectivity index (χ3v) is 2.89. The van der Waals surface area contributed by atoms with E-state index in [0.717, 1.165) is 11.1 Å². The molecule has 0 saturated heterocycles. The van der Waals surface area contributed by atoms with Crippen molar-refractivity contribution in [3.05, 3.63) is 70.8 Å². The molecule has 3 aromatic rings. The molecule has 0 fully saturated rings. The van der Waals surface area contributed by atoms with Gasteiger partial charge in [0.1, 0.15) is 5.82 Å². The van der Waals surface area contributed by atoms with Gasteiger partial charge in [0.2, 0.25) is 5.56 Å². The maximum absolute atomic E-state index is 13.3. The summed E-state index contributed by atoms with van der Waals surface area (Å²) in [7, 11) is 0. The molecule has 0 unspecified atom stereocenters. The minimum absolute atomic E-state index is 0.187. The molecule has 0 amide bonds. The highest BCUT2D eigenvalue weighted by Gasteiger charge is 2.06. The largest absolute Gasteiger partial charge is 0.322 e. The quantitative estimate of drug-likeness (QED) is 0.694. The molecular formula is C15H10FNO. The van der Waals surface area contributed by atoms with E-state index in [9.17, 15) is 9.18 Å². The van der Waals surface area contributed by atoms with Crippen LogP contribution in [0.3, 0.4) is 0 Å². The Kier molecular flexibility index (Phi) is 2.45. The van der Waals surface area contributed by atoms with Crippen LogP contribution >= 0.6 is 0 Å². The SMILES string of the molecule is O=c1cc(-c2ccccc2)c2cc(F)ccc2[nH]1. The van der Waals surface area contributed by atoms with Gasteiger partial charge in [0.05, 0.1) is 0 Å². The Morgan fingerprint density at radius 1 is 0.944 bits per heavy atom. The average molecular weight is 239 g/mol. The van der Waals surface area contributed by atoms with Crippen molar-refractivity contribution in [2.24, 2.45) is 0 Å². The highest BCUT2D eigenvalue weighted by atomic mass is 19.1. The summed E-state index contributed by atoms with van der Waals surface area (Å²) in [5.74, 6) is -0.313. The number of pyridine rings is 1. The van der Waals surface area contributed by atoms with Crippen LogP contribution in [0.5, 0.6) is 0 Å². The second-order valence-electron chi connectivity index (χ2n) is 4.10. The molecule has 3 heteroatoms. The predicted octanol–water partition coefficient (Wildman–Crippen LogP) is 3.33. The van der Waals surface area contributed by atoms with E-state index in [4.69, 9.17) is 0 Å². The summed E-state index contributed by atoms with van der Waals surface area (Å²) >= 11 is 0. The van der Waals surface area contributed by atoms with Gasteiger partial charge >= 0.3 is 0 Å². The molecule has 88 valence electrons. The maximum atomic E-state index is 13.3. The molecule has 1 N–H and O–H groups in total. The lowest BCUT2D eigenvalue weighted by Crippen LogP contribution is -2.04. The summed E-state index contributed by atoms with van der Waals surface area (Å²) in [4.78, 5) is 14.3. The van der Waals surface area contributed by atoms with Crippen LogP contribution in [0.25, 0.3) is 22.0 Å². The standard InChI is InChI=1S/C15H10FNO/c16-11-6-7-14-13(8-11)12(9-15(18)17-14)10-4-2-1-3-5-10/h1-9H,(H,17,18). The zero-order valence-electron chi connectivity index (χ0n) is 9.48. The highest BCUT2D eigenvalue weighted by molar-refractivity contribution is 5.94. The fourth-order valence-electron chi connectivity index (χ4n) is 2.08. The number of aromatic amines is 1. The van der Waals surface area contributed by atoms with Gasteiger partial charge in [0.25, 0.3) is 0 Å². The summed E-state index contributed by atoms with van der Waals surface area (Å²) < 4.78 is 13.3. The summed E-state index contributed by atoms with van der Waals surface area (Å²) in [6.45, 7) is 0. The van der Waals surface area contributed by atoms with Crippen LogP contribution < -0.4 is 5.56 Å². The van der Waals surface area contributed by atoms with Crippen molar-refractivity contribution in [3.8, 4) is 11.1 Å².